The summed E-state index contributed by atoms with van der Waals surface area (Å²) in [4.78, 5) is 28.2. The fourth-order valence-electron chi connectivity index (χ4n) is 7.99. The Labute approximate surface area is 282 Å². The quantitative estimate of drug-likeness (QED) is 0.234. The number of amides is 1. The number of aromatic amines is 1. The number of carbonyl (C=O) groups excluding carboxylic acids is 1. The lowest BCUT2D eigenvalue weighted by Gasteiger charge is -2.41. The molecule has 254 valence electrons. The number of rotatable bonds is 9. The monoisotopic (exact) mass is 668 g/mol. The van der Waals surface area contributed by atoms with Crippen LogP contribution in [0.25, 0.3) is 32.9 Å². The lowest BCUT2D eigenvalue weighted by atomic mass is 9.94. The molecule has 1 amide bonds. The summed E-state index contributed by atoms with van der Waals surface area (Å²) in [6.07, 6.45) is 5.07. The Hall–Kier alpha value is -4.83. The number of halogens is 2. The van der Waals surface area contributed by atoms with Gasteiger partial charge < -0.3 is 19.3 Å². The summed E-state index contributed by atoms with van der Waals surface area (Å²) in [7, 11) is 0. The van der Waals surface area contributed by atoms with Crippen molar-refractivity contribution in [2.75, 3.05) is 44.2 Å². The number of H-pyrrole nitrogens is 1. The van der Waals surface area contributed by atoms with Gasteiger partial charge in [0.1, 0.15) is 24.1 Å². The van der Waals surface area contributed by atoms with Crippen LogP contribution in [0.4, 0.5) is 14.6 Å². The van der Waals surface area contributed by atoms with Crippen molar-refractivity contribution in [3.8, 4) is 29.0 Å². The third kappa shape index (κ3) is 5.61. The molecule has 1 saturated carbocycles. The fraction of sp³-hybridized carbons (Fsp3) is 0.472. The molecule has 0 unspecified atom stereocenters. The number of piperazine rings is 1. The van der Waals surface area contributed by atoms with Crippen molar-refractivity contribution >= 4 is 33.5 Å². The number of carbonyl (C=O) groups is 1. The van der Waals surface area contributed by atoms with Crippen LogP contribution in [0.1, 0.15) is 44.1 Å². The predicted octanol–water partition coefficient (Wildman–Crippen LogP) is 5.39. The van der Waals surface area contributed by atoms with Crippen LogP contribution in [0.5, 0.6) is 11.8 Å². The van der Waals surface area contributed by atoms with Crippen molar-refractivity contribution in [1.82, 2.24) is 30.0 Å². The van der Waals surface area contributed by atoms with Crippen LogP contribution in [-0.2, 0) is 4.79 Å². The molecule has 3 saturated heterocycles. The summed E-state index contributed by atoms with van der Waals surface area (Å²) in [5.74, 6) is -0.685. The van der Waals surface area contributed by atoms with Crippen LogP contribution in [0.3, 0.4) is 0 Å². The summed E-state index contributed by atoms with van der Waals surface area (Å²) < 4.78 is 41.8. The number of ether oxygens (including phenoxy) is 2. The molecule has 3 aliphatic heterocycles. The fourth-order valence-corrected chi connectivity index (χ4v) is 7.99. The number of nitriles is 1. The molecule has 11 nitrogen and oxygen atoms in total. The molecule has 3 atom stereocenters. The van der Waals surface area contributed by atoms with Crippen LogP contribution >= 0.6 is 0 Å². The third-order valence-corrected chi connectivity index (χ3v) is 10.5. The van der Waals surface area contributed by atoms with Crippen LogP contribution in [-0.4, -0.2) is 99.1 Å². The Morgan fingerprint density at radius 1 is 1.16 bits per heavy atom. The minimum atomic E-state index is -1.06. The second kappa shape index (κ2) is 12.2. The van der Waals surface area contributed by atoms with E-state index in [0.717, 1.165) is 65.2 Å². The highest BCUT2D eigenvalue weighted by Crippen LogP contribution is 2.46. The second-order valence-corrected chi connectivity index (χ2v) is 13.8. The van der Waals surface area contributed by atoms with Gasteiger partial charge in [0.25, 0.3) is 5.91 Å². The van der Waals surface area contributed by atoms with Crippen molar-refractivity contribution < 1.29 is 23.0 Å². The van der Waals surface area contributed by atoms with Gasteiger partial charge in [-0.1, -0.05) is 12.6 Å². The molecule has 0 radical (unpaired) electrons. The van der Waals surface area contributed by atoms with Gasteiger partial charge >= 0.3 is 6.01 Å². The number of nitrogens with zero attached hydrogens (tertiary/aromatic N) is 7. The summed E-state index contributed by atoms with van der Waals surface area (Å²) in [5.41, 5.74) is 3.99. The highest BCUT2D eigenvalue weighted by Gasteiger charge is 2.49. The zero-order valence-corrected chi connectivity index (χ0v) is 27.4. The van der Waals surface area contributed by atoms with Gasteiger partial charge in [-0.25, -0.2) is 8.78 Å². The molecule has 4 aromatic rings. The van der Waals surface area contributed by atoms with E-state index in [9.17, 15) is 18.8 Å². The first-order valence-corrected chi connectivity index (χ1v) is 17.0. The van der Waals surface area contributed by atoms with Crippen LogP contribution in [0.15, 0.2) is 42.9 Å². The molecule has 8 rings (SSSR count). The maximum atomic E-state index is 14.6. The SMILES string of the molecule is C=C(F)C(=O)N1CCN(c2nc(OC[C@@]34CCCN3C[C@H](F)C4)nc3c(OC4CC4)c(-c4c(C)ccc5[nH]ncc45)ccc23)C[C@@H]1CC#N. The molecular weight excluding hydrogens is 630 g/mol. The Kier molecular flexibility index (Phi) is 7.86. The minimum Gasteiger partial charge on any atom is -0.487 e. The molecule has 13 heteroatoms. The maximum Gasteiger partial charge on any atom is 0.319 e. The lowest BCUT2D eigenvalue weighted by Crippen LogP contribution is -2.55. The number of anilines is 1. The van der Waals surface area contributed by atoms with Gasteiger partial charge in [-0.3, -0.25) is 14.8 Å². The number of aromatic nitrogens is 4. The summed E-state index contributed by atoms with van der Waals surface area (Å²) in [5, 5.41) is 18.7. The van der Waals surface area contributed by atoms with E-state index in [1.807, 2.05) is 29.3 Å². The van der Waals surface area contributed by atoms with E-state index in [2.05, 4.69) is 40.7 Å². The molecule has 49 heavy (non-hydrogen) atoms. The Bertz CT molecular complexity index is 2010. The minimum absolute atomic E-state index is 0.0127. The number of hydrogen-bond donors (Lipinski definition) is 1. The highest BCUT2D eigenvalue weighted by molar-refractivity contribution is 6.04. The Morgan fingerprint density at radius 3 is 2.82 bits per heavy atom. The molecule has 0 bridgehead atoms. The second-order valence-electron chi connectivity index (χ2n) is 13.8. The number of fused-ring (bicyclic) bond motifs is 3. The maximum absolute atomic E-state index is 14.6. The largest absolute Gasteiger partial charge is 0.487 e. The predicted molar refractivity (Wildman–Crippen MR) is 180 cm³/mol. The average Bonchev–Trinajstić information content (AvgIpc) is 3.48. The smallest absolute Gasteiger partial charge is 0.319 e. The van der Waals surface area contributed by atoms with Crippen LogP contribution in [0, 0.1) is 18.3 Å². The van der Waals surface area contributed by atoms with Crippen molar-refractivity contribution in [3.05, 3.63) is 48.4 Å². The van der Waals surface area contributed by atoms with Crippen LogP contribution < -0.4 is 14.4 Å². The van der Waals surface area contributed by atoms with Gasteiger partial charge in [0.15, 0.2) is 11.6 Å². The van der Waals surface area contributed by atoms with Gasteiger partial charge in [0, 0.05) is 48.9 Å². The first kappa shape index (κ1) is 31.4. The van der Waals surface area contributed by atoms with E-state index in [1.54, 1.807) is 0 Å². The number of aryl methyl sites for hydroxylation is 1. The molecule has 1 aliphatic carbocycles. The van der Waals surface area contributed by atoms with Crippen molar-refractivity contribution in [2.45, 2.75) is 69.3 Å². The van der Waals surface area contributed by atoms with Gasteiger partial charge in [0.05, 0.1) is 41.9 Å². The van der Waals surface area contributed by atoms with E-state index in [1.165, 1.54) is 4.90 Å². The average molecular weight is 669 g/mol. The van der Waals surface area contributed by atoms with Gasteiger partial charge in [-0.15, -0.1) is 0 Å². The first-order valence-electron chi connectivity index (χ1n) is 17.0. The molecule has 1 N–H and O–H groups in total. The van der Waals surface area contributed by atoms with Crippen molar-refractivity contribution in [2.24, 2.45) is 0 Å². The molecule has 2 aromatic carbocycles. The third-order valence-electron chi connectivity index (χ3n) is 10.5. The lowest BCUT2D eigenvalue weighted by molar-refractivity contribution is -0.131. The van der Waals surface area contributed by atoms with E-state index < -0.39 is 29.5 Å². The molecule has 4 fully saturated rings. The number of hydrogen-bond acceptors (Lipinski definition) is 9. The number of nitrogens with one attached hydrogen (secondary N) is 1. The molecule has 4 aliphatic rings. The summed E-state index contributed by atoms with van der Waals surface area (Å²) in [6, 6.07) is 9.77. The normalized spacial score (nSPS) is 24.0. The summed E-state index contributed by atoms with van der Waals surface area (Å²) in [6.45, 7) is 7.50. The zero-order valence-electron chi connectivity index (χ0n) is 27.4. The topological polar surface area (TPSA) is 124 Å². The highest BCUT2D eigenvalue weighted by atomic mass is 19.1. The summed E-state index contributed by atoms with van der Waals surface area (Å²) >= 11 is 0. The Morgan fingerprint density at radius 2 is 2.02 bits per heavy atom. The molecular formula is C36H38F2N8O3. The standard InChI is InChI=1S/C36H38F2N8O3/c1-21-4-9-29-28(17-40-43-29)30(21)26-7-8-27-31(32(26)49-25-5-6-25)41-35(48-20-36-11-3-13-45(36)18-23(38)16-36)42-33(27)44-14-15-46(34(47)22(2)37)24(19-44)10-12-39/h4,7-9,17,23-25H,2-3,5-6,10-11,13-16,18-20H2,1H3,(H,40,43)/t23-,24+,36+/m1/s1. The first-order chi connectivity index (χ1) is 23.7. The number of alkyl halides is 1. The van der Waals surface area contributed by atoms with Gasteiger partial charge in [-0.2, -0.15) is 20.3 Å². The number of benzene rings is 2. The van der Waals surface area contributed by atoms with Crippen molar-refractivity contribution in [1.29, 1.82) is 5.26 Å². The molecule has 0 spiro atoms. The molecule has 2 aromatic heterocycles. The molecule has 5 heterocycles. The van der Waals surface area contributed by atoms with Crippen molar-refractivity contribution in [3.63, 3.8) is 0 Å². The van der Waals surface area contributed by atoms with E-state index in [-0.39, 0.29) is 38.2 Å². The van der Waals surface area contributed by atoms with E-state index in [4.69, 9.17) is 19.4 Å². The van der Waals surface area contributed by atoms with Gasteiger partial charge in [0.2, 0.25) is 0 Å². The van der Waals surface area contributed by atoms with Gasteiger partial charge in [-0.05, 0) is 68.5 Å². The van der Waals surface area contributed by atoms with E-state index >= 15 is 0 Å². The van der Waals surface area contributed by atoms with E-state index in [0.29, 0.717) is 36.6 Å². The Balaban J connectivity index is 1.26. The zero-order chi connectivity index (χ0) is 33.9. The van der Waals surface area contributed by atoms with Crippen LogP contribution in [0.2, 0.25) is 0 Å².